The van der Waals surface area contributed by atoms with Gasteiger partial charge in [0.2, 0.25) is 10.0 Å². The zero-order valence-electron chi connectivity index (χ0n) is 13.2. The number of piperidine rings is 1. The number of halogens is 1. The standard InChI is InChI=1S/C15H25ClN2O2S/c1-5-17-10-15(7-14(17)8-16)21(19,20)18-9-11(2)6-12(3)13(18)4/h7,10-13H,5-6,8-9H2,1-4H3. The fourth-order valence-electron chi connectivity index (χ4n) is 3.19. The molecular formula is C15H25ClN2O2S. The number of alkyl halides is 1. The molecule has 1 saturated heterocycles. The minimum atomic E-state index is -3.45. The third-order valence-corrected chi connectivity index (χ3v) is 6.78. The summed E-state index contributed by atoms with van der Waals surface area (Å²) < 4.78 is 29.5. The molecular weight excluding hydrogens is 308 g/mol. The van der Waals surface area contributed by atoms with Crippen molar-refractivity contribution >= 4 is 21.6 Å². The van der Waals surface area contributed by atoms with Crippen LogP contribution >= 0.6 is 11.6 Å². The highest BCUT2D eigenvalue weighted by Crippen LogP contribution is 2.32. The predicted octanol–water partition coefficient (Wildman–Crippen LogP) is 3.30. The van der Waals surface area contributed by atoms with Crippen molar-refractivity contribution in [1.82, 2.24) is 8.87 Å². The van der Waals surface area contributed by atoms with E-state index in [2.05, 4.69) is 13.8 Å². The average molecular weight is 333 g/mol. The Morgan fingerprint density at radius 1 is 1.33 bits per heavy atom. The Morgan fingerprint density at radius 3 is 2.52 bits per heavy atom. The van der Waals surface area contributed by atoms with E-state index in [4.69, 9.17) is 11.6 Å². The Morgan fingerprint density at radius 2 is 2.00 bits per heavy atom. The molecule has 1 fully saturated rings. The van der Waals surface area contributed by atoms with Crippen LogP contribution in [0.15, 0.2) is 17.2 Å². The molecule has 1 aliphatic rings. The zero-order chi connectivity index (χ0) is 15.8. The molecule has 21 heavy (non-hydrogen) atoms. The average Bonchev–Trinajstić information content (AvgIpc) is 2.86. The first-order chi connectivity index (χ1) is 9.81. The Hall–Kier alpha value is -0.520. The van der Waals surface area contributed by atoms with E-state index < -0.39 is 10.0 Å². The van der Waals surface area contributed by atoms with Crippen LogP contribution in [0.3, 0.4) is 0 Å². The molecule has 0 spiro atoms. The van der Waals surface area contributed by atoms with Gasteiger partial charge in [-0.1, -0.05) is 13.8 Å². The summed E-state index contributed by atoms with van der Waals surface area (Å²) in [5, 5.41) is 0. The van der Waals surface area contributed by atoms with Crippen molar-refractivity contribution in [2.75, 3.05) is 6.54 Å². The summed E-state index contributed by atoms with van der Waals surface area (Å²) in [5.74, 6) is 1.10. The van der Waals surface area contributed by atoms with E-state index in [-0.39, 0.29) is 6.04 Å². The first-order valence-electron chi connectivity index (χ1n) is 7.58. The molecule has 0 radical (unpaired) electrons. The number of nitrogens with zero attached hydrogens (tertiary/aromatic N) is 2. The van der Waals surface area contributed by atoms with Crippen molar-refractivity contribution in [2.24, 2.45) is 11.8 Å². The lowest BCUT2D eigenvalue weighted by molar-refractivity contribution is 0.157. The van der Waals surface area contributed by atoms with Gasteiger partial charge in [0.1, 0.15) is 4.90 Å². The van der Waals surface area contributed by atoms with E-state index in [0.717, 1.165) is 18.7 Å². The highest BCUT2D eigenvalue weighted by molar-refractivity contribution is 7.89. The minimum Gasteiger partial charge on any atom is -0.349 e. The quantitative estimate of drug-likeness (QED) is 0.794. The van der Waals surface area contributed by atoms with Crippen LogP contribution in [0.25, 0.3) is 0 Å². The molecule has 4 nitrogen and oxygen atoms in total. The maximum absolute atomic E-state index is 13.0. The van der Waals surface area contributed by atoms with Gasteiger partial charge >= 0.3 is 0 Å². The second-order valence-electron chi connectivity index (χ2n) is 6.22. The Kier molecular flexibility index (Phi) is 5.06. The molecule has 6 heteroatoms. The second kappa shape index (κ2) is 6.31. The monoisotopic (exact) mass is 332 g/mol. The van der Waals surface area contributed by atoms with Crippen LogP contribution in [0.2, 0.25) is 0 Å². The number of hydrogen-bond donors (Lipinski definition) is 0. The zero-order valence-corrected chi connectivity index (χ0v) is 14.8. The largest absolute Gasteiger partial charge is 0.349 e. The molecule has 2 rings (SSSR count). The van der Waals surface area contributed by atoms with Gasteiger partial charge < -0.3 is 4.57 Å². The molecule has 0 N–H and O–H groups in total. The summed E-state index contributed by atoms with van der Waals surface area (Å²) in [6.07, 6.45) is 2.79. The summed E-state index contributed by atoms with van der Waals surface area (Å²) in [6.45, 7) is 9.56. The number of aromatic nitrogens is 1. The van der Waals surface area contributed by atoms with E-state index >= 15 is 0 Å². The normalized spacial score (nSPS) is 28.0. The molecule has 0 amide bonds. The first-order valence-corrected chi connectivity index (χ1v) is 9.55. The van der Waals surface area contributed by atoms with Gasteiger partial charge in [0.15, 0.2) is 0 Å². The third kappa shape index (κ3) is 3.15. The Balaban J connectivity index is 2.39. The maximum Gasteiger partial charge on any atom is 0.244 e. The molecule has 3 unspecified atom stereocenters. The minimum absolute atomic E-state index is 0.0376. The van der Waals surface area contributed by atoms with E-state index in [9.17, 15) is 8.42 Å². The molecule has 0 saturated carbocycles. The topological polar surface area (TPSA) is 42.3 Å². The lowest BCUT2D eigenvalue weighted by atomic mass is 9.88. The maximum atomic E-state index is 13.0. The van der Waals surface area contributed by atoms with Gasteiger partial charge in [-0.25, -0.2) is 8.42 Å². The lowest BCUT2D eigenvalue weighted by Crippen LogP contribution is -2.48. The fraction of sp³-hybridized carbons (Fsp3) is 0.733. The number of sulfonamides is 1. The van der Waals surface area contributed by atoms with Gasteiger partial charge in [-0.15, -0.1) is 11.6 Å². The van der Waals surface area contributed by atoms with Crippen molar-refractivity contribution in [2.45, 2.75) is 57.5 Å². The molecule has 1 aromatic heterocycles. The van der Waals surface area contributed by atoms with Gasteiger partial charge in [-0.3, -0.25) is 0 Å². The van der Waals surface area contributed by atoms with Crippen molar-refractivity contribution < 1.29 is 8.42 Å². The van der Waals surface area contributed by atoms with E-state index in [0.29, 0.717) is 29.2 Å². The molecule has 2 heterocycles. The van der Waals surface area contributed by atoms with Crippen LogP contribution < -0.4 is 0 Å². The SMILES string of the molecule is CCn1cc(S(=O)(=O)N2CC(C)CC(C)C2C)cc1CCl. The summed E-state index contributed by atoms with van der Waals surface area (Å²) in [6, 6.07) is 1.75. The van der Waals surface area contributed by atoms with Gasteiger partial charge in [-0.2, -0.15) is 4.31 Å². The molecule has 3 atom stereocenters. The lowest BCUT2D eigenvalue weighted by Gasteiger charge is -2.39. The van der Waals surface area contributed by atoms with Crippen LogP contribution in [0.1, 0.15) is 39.8 Å². The van der Waals surface area contributed by atoms with Crippen LogP contribution in [0.5, 0.6) is 0 Å². The fourth-order valence-corrected chi connectivity index (χ4v) is 5.33. The van der Waals surface area contributed by atoms with E-state index in [1.165, 1.54) is 0 Å². The molecule has 0 aliphatic carbocycles. The Labute approximate surface area is 133 Å². The number of aryl methyl sites for hydroxylation is 1. The van der Waals surface area contributed by atoms with Gasteiger partial charge in [-0.05, 0) is 38.2 Å². The molecule has 0 bridgehead atoms. The van der Waals surface area contributed by atoms with Crippen molar-refractivity contribution in [3.8, 4) is 0 Å². The highest BCUT2D eigenvalue weighted by atomic mass is 35.5. The van der Waals surface area contributed by atoms with E-state index in [1.54, 1.807) is 16.6 Å². The smallest absolute Gasteiger partial charge is 0.244 e. The van der Waals surface area contributed by atoms with Crippen molar-refractivity contribution in [3.63, 3.8) is 0 Å². The molecule has 1 aromatic rings. The summed E-state index contributed by atoms with van der Waals surface area (Å²) in [4.78, 5) is 0.369. The van der Waals surface area contributed by atoms with Crippen LogP contribution in [0.4, 0.5) is 0 Å². The Bertz CT molecular complexity index is 575. The van der Waals surface area contributed by atoms with Gasteiger partial charge in [0, 0.05) is 31.0 Å². The van der Waals surface area contributed by atoms with E-state index in [1.807, 2.05) is 18.4 Å². The van der Waals surface area contributed by atoms with Crippen LogP contribution in [0, 0.1) is 11.8 Å². The number of rotatable bonds is 4. The number of hydrogen-bond acceptors (Lipinski definition) is 2. The molecule has 0 aromatic carbocycles. The van der Waals surface area contributed by atoms with Gasteiger partial charge in [0.05, 0.1) is 5.88 Å². The highest BCUT2D eigenvalue weighted by Gasteiger charge is 2.37. The predicted molar refractivity (Wildman–Crippen MR) is 86.0 cm³/mol. The van der Waals surface area contributed by atoms with Crippen LogP contribution in [-0.4, -0.2) is 29.9 Å². The first kappa shape index (κ1) is 16.8. The van der Waals surface area contributed by atoms with Crippen molar-refractivity contribution in [1.29, 1.82) is 0 Å². The summed E-state index contributed by atoms with van der Waals surface area (Å²) >= 11 is 5.91. The third-order valence-electron chi connectivity index (χ3n) is 4.59. The van der Waals surface area contributed by atoms with Crippen molar-refractivity contribution in [3.05, 3.63) is 18.0 Å². The summed E-state index contributed by atoms with van der Waals surface area (Å²) in [7, 11) is -3.45. The second-order valence-corrected chi connectivity index (χ2v) is 8.38. The molecule has 1 aliphatic heterocycles. The summed E-state index contributed by atoms with van der Waals surface area (Å²) in [5.41, 5.74) is 0.850. The van der Waals surface area contributed by atoms with Gasteiger partial charge in [0.25, 0.3) is 0 Å². The molecule has 120 valence electrons. The van der Waals surface area contributed by atoms with Crippen LogP contribution in [-0.2, 0) is 22.4 Å².